The van der Waals surface area contributed by atoms with Gasteiger partial charge in [-0.3, -0.25) is 14.9 Å². The van der Waals surface area contributed by atoms with Crippen molar-refractivity contribution < 1.29 is 9.72 Å². The van der Waals surface area contributed by atoms with E-state index in [1.807, 2.05) is 24.4 Å². The van der Waals surface area contributed by atoms with E-state index in [4.69, 9.17) is 0 Å². The molecule has 1 amide bonds. The Balaban J connectivity index is 1.56. The molecular weight excluding hydrogens is 436 g/mol. The van der Waals surface area contributed by atoms with Crippen LogP contribution in [0.2, 0.25) is 0 Å². The highest BCUT2D eigenvalue weighted by atomic mass is 32.2. The molecule has 2 heterocycles. The molecule has 0 spiro atoms. The number of para-hydroxylation sites is 1. The zero-order valence-electron chi connectivity index (χ0n) is 16.3. The number of nitro groups is 1. The van der Waals surface area contributed by atoms with Crippen LogP contribution in [0.1, 0.15) is 21.6 Å². The molecule has 0 unspecified atom stereocenters. The lowest BCUT2D eigenvalue weighted by atomic mass is 10.1. The number of aryl methyl sites for hydroxylation is 1. The van der Waals surface area contributed by atoms with Gasteiger partial charge in [0.15, 0.2) is 4.34 Å². The van der Waals surface area contributed by atoms with Crippen molar-refractivity contribution in [3.63, 3.8) is 0 Å². The van der Waals surface area contributed by atoms with Crippen molar-refractivity contribution in [1.82, 2.24) is 19.7 Å². The molecule has 31 heavy (non-hydrogen) atoms. The highest BCUT2D eigenvalue weighted by Gasteiger charge is 2.20. The Hall–Kier alpha value is -3.57. The van der Waals surface area contributed by atoms with Crippen LogP contribution in [0.4, 0.5) is 11.4 Å². The molecule has 0 aliphatic rings. The van der Waals surface area contributed by atoms with Crippen LogP contribution in [0.15, 0.2) is 69.7 Å². The van der Waals surface area contributed by atoms with Gasteiger partial charge in [-0.25, -0.2) is 14.6 Å². The van der Waals surface area contributed by atoms with Crippen LogP contribution in [-0.2, 0) is 6.54 Å². The number of hydrogen-bond donors (Lipinski definition) is 1. The van der Waals surface area contributed by atoms with E-state index in [1.165, 1.54) is 35.5 Å². The predicted molar refractivity (Wildman–Crippen MR) is 118 cm³/mol. The van der Waals surface area contributed by atoms with Crippen LogP contribution in [0.3, 0.4) is 0 Å². The molecule has 0 radical (unpaired) electrons. The lowest BCUT2D eigenvalue weighted by Crippen LogP contribution is -2.14. The number of benzene rings is 2. The summed E-state index contributed by atoms with van der Waals surface area (Å²) in [6.07, 6.45) is 3.02. The number of aromatic nitrogens is 4. The minimum Gasteiger partial charge on any atom is -0.322 e. The van der Waals surface area contributed by atoms with Crippen LogP contribution >= 0.6 is 23.1 Å². The van der Waals surface area contributed by atoms with Gasteiger partial charge >= 0.3 is 0 Å². The van der Waals surface area contributed by atoms with Crippen LogP contribution in [-0.4, -0.2) is 30.6 Å². The summed E-state index contributed by atoms with van der Waals surface area (Å²) in [5.41, 5.74) is 2.35. The minimum absolute atomic E-state index is 0.138. The van der Waals surface area contributed by atoms with Gasteiger partial charge in [-0.2, -0.15) is 5.10 Å². The maximum atomic E-state index is 12.8. The molecule has 156 valence electrons. The fourth-order valence-corrected chi connectivity index (χ4v) is 4.70. The van der Waals surface area contributed by atoms with E-state index in [0.29, 0.717) is 21.5 Å². The zero-order chi connectivity index (χ0) is 21.8. The number of nitrogens with one attached hydrogen (secondary N) is 1. The second-order valence-electron chi connectivity index (χ2n) is 6.50. The molecule has 0 saturated heterocycles. The van der Waals surface area contributed by atoms with Gasteiger partial charge in [0.05, 0.1) is 16.4 Å². The summed E-state index contributed by atoms with van der Waals surface area (Å²) in [6.45, 7) is 2.29. The molecule has 0 bridgehead atoms. The monoisotopic (exact) mass is 452 g/mol. The number of rotatable bonds is 7. The van der Waals surface area contributed by atoms with Gasteiger partial charge in [-0.15, -0.1) is 11.3 Å². The van der Waals surface area contributed by atoms with Crippen LogP contribution < -0.4 is 5.32 Å². The summed E-state index contributed by atoms with van der Waals surface area (Å²) >= 11 is 2.63. The van der Waals surface area contributed by atoms with Gasteiger partial charge in [-0.1, -0.05) is 30.0 Å². The summed E-state index contributed by atoms with van der Waals surface area (Å²) < 4.78 is 2.35. The van der Waals surface area contributed by atoms with Gasteiger partial charge in [0.1, 0.15) is 12.7 Å². The maximum absolute atomic E-state index is 12.8. The molecule has 4 aromatic rings. The second-order valence-corrected chi connectivity index (χ2v) is 8.65. The van der Waals surface area contributed by atoms with Crippen molar-refractivity contribution in [3.8, 4) is 0 Å². The Kier molecular flexibility index (Phi) is 6.05. The zero-order valence-corrected chi connectivity index (χ0v) is 17.9. The standard InChI is InChI=1S/C20H16N6O3S2/c1-13-10-30-20(23-13)31-18-7-6-14(8-17(18)26(28)29)19(27)24-16-5-3-2-4-15(16)9-25-12-21-11-22-25/h2-8,10-12H,9H2,1H3,(H,24,27). The van der Waals surface area contributed by atoms with Crippen molar-refractivity contribution in [1.29, 1.82) is 0 Å². The summed E-state index contributed by atoms with van der Waals surface area (Å²) in [5, 5.41) is 20.4. The Morgan fingerprint density at radius 3 is 2.84 bits per heavy atom. The van der Waals surface area contributed by atoms with E-state index in [1.54, 1.807) is 35.3 Å². The lowest BCUT2D eigenvalue weighted by Gasteiger charge is -2.11. The van der Waals surface area contributed by atoms with Gasteiger partial charge in [0.2, 0.25) is 0 Å². The van der Waals surface area contributed by atoms with Crippen LogP contribution in [0.5, 0.6) is 0 Å². The SMILES string of the molecule is Cc1csc(Sc2ccc(C(=O)Nc3ccccc3Cn3cncn3)cc2[N+](=O)[O-])n1. The maximum Gasteiger partial charge on any atom is 0.284 e. The van der Waals surface area contributed by atoms with E-state index >= 15 is 0 Å². The average Bonchev–Trinajstić information content (AvgIpc) is 3.41. The number of carbonyl (C=O) groups excluding carboxylic acids is 1. The fraction of sp³-hybridized carbons (Fsp3) is 0.100. The van der Waals surface area contributed by atoms with Crippen LogP contribution in [0, 0.1) is 17.0 Å². The highest BCUT2D eigenvalue weighted by Crippen LogP contribution is 2.37. The Bertz CT molecular complexity index is 1240. The molecule has 1 N–H and O–H groups in total. The number of anilines is 1. The predicted octanol–water partition coefficient (Wildman–Crippen LogP) is 4.40. The Morgan fingerprint density at radius 2 is 2.13 bits per heavy atom. The second kappa shape index (κ2) is 9.06. The van der Waals surface area contributed by atoms with Crippen molar-refractivity contribution in [2.75, 3.05) is 5.32 Å². The topological polar surface area (TPSA) is 116 Å². The molecule has 2 aromatic carbocycles. The van der Waals surface area contributed by atoms with E-state index in [9.17, 15) is 14.9 Å². The third kappa shape index (κ3) is 4.95. The minimum atomic E-state index is -0.488. The fourth-order valence-electron chi connectivity index (χ4n) is 2.82. The summed E-state index contributed by atoms with van der Waals surface area (Å²) in [4.78, 5) is 32.6. The van der Waals surface area contributed by atoms with Gasteiger partial charge in [-0.05, 0) is 30.7 Å². The Labute approximate surface area is 185 Å². The molecule has 0 saturated carbocycles. The molecule has 0 atom stereocenters. The first-order valence-electron chi connectivity index (χ1n) is 9.09. The molecular formula is C20H16N6O3S2. The third-order valence-corrected chi connectivity index (χ3v) is 6.40. The summed E-state index contributed by atoms with van der Waals surface area (Å²) in [7, 11) is 0. The number of nitro benzene ring substituents is 1. The van der Waals surface area contributed by atoms with Crippen molar-refractivity contribution in [2.24, 2.45) is 0 Å². The molecule has 0 aliphatic heterocycles. The largest absolute Gasteiger partial charge is 0.322 e. The van der Waals surface area contributed by atoms with Gasteiger partial charge in [0, 0.05) is 28.4 Å². The first-order valence-corrected chi connectivity index (χ1v) is 10.8. The van der Waals surface area contributed by atoms with E-state index in [0.717, 1.165) is 11.3 Å². The molecule has 4 rings (SSSR count). The van der Waals surface area contributed by atoms with E-state index in [2.05, 4.69) is 20.4 Å². The van der Waals surface area contributed by atoms with E-state index < -0.39 is 10.8 Å². The Morgan fingerprint density at radius 1 is 1.29 bits per heavy atom. The van der Waals surface area contributed by atoms with Gasteiger partial charge < -0.3 is 5.32 Å². The highest BCUT2D eigenvalue weighted by molar-refractivity contribution is 8.01. The quantitative estimate of drug-likeness (QED) is 0.326. The number of carbonyl (C=O) groups is 1. The molecule has 0 fully saturated rings. The molecule has 2 aromatic heterocycles. The smallest absolute Gasteiger partial charge is 0.284 e. The van der Waals surface area contributed by atoms with Crippen molar-refractivity contribution >= 4 is 40.4 Å². The first-order chi connectivity index (χ1) is 15.0. The molecule has 0 aliphatic carbocycles. The first kappa shape index (κ1) is 20.7. The summed E-state index contributed by atoms with van der Waals surface area (Å²) in [6, 6.07) is 11.7. The number of thiazole rings is 1. The van der Waals surface area contributed by atoms with Gasteiger partial charge in [0.25, 0.3) is 11.6 Å². The number of hydrogen-bond acceptors (Lipinski definition) is 8. The number of amides is 1. The van der Waals surface area contributed by atoms with Crippen molar-refractivity contribution in [2.45, 2.75) is 22.7 Å². The number of nitrogens with zero attached hydrogens (tertiary/aromatic N) is 5. The third-order valence-electron chi connectivity index (χ3n) is 4.28. The van der Waals surface area contributed by atoms with E-state index in [-0.39, 0.29) is 11.3 Å². The lowest BCUT2D eigenvalue weighted by molar-refractivity contribution is -0.387. The molecule has 11 heteroatoms. The average molecular weight is 453 g/mol. The normalized spacial score (nSPS) is 10.7. The van der Waals surface area contributed by atoms with Crippen molar-refractivity contribution in [3.05, 3.63) is 87.4 Å². The van der Waals surface area contributed by atoms with Crippen LogP contribution in [0.25, 0.3) is 0 Å². The molecule has 9 nitrogen and oxygen atoms in total. The summed E-state index contributed by atoms with van der Waals surface area (Å²) in [5.74, 6) is -0.434.